The number of methoxy groups -OCH3 is 1. The zero-order valence-electron chi connectivity index (χ0n) is 10.6. The first kappa shape index (κ1) is 12.0. The Balaban J connectivity index is 2.12. The van der Waals surface area contributed by atoms with Crippen LogP contribution in [0.2, 0.25) is 0 Å². The fourth-order valence-electron chi connectivity index (χ4n) is 2.45. The van der Waals surface area contributed by atoms with Crippen molar-refractivity contribution in [1.82, 2.24) is 4.98 Å². The van der Waals surface area contributed by atoms with Crippen LogP contribution in [0.15, 0.2) is 12.1 Å². The van der Waals surface area contributed by atoms with Gasteiger partial charge >= 0.3 is 0 Å². The van der Waals surface area contributed by atoms with Gasteiger partial charge in [0.25, 0.3) is 0 Å². The van der Waals surface area contributed by atoms with Gasteiger partial charge in [0.2, 0.25) is 5.88 Å². The lowest BCUT2D eigenvalue weighted by atomic mass is 9.83. The molecule has 1 saturated carbocycles. The van der Waals surface area contributed by atoms with E-state index in [1.54, 1.807) is 7.11 Å². The van der Waals surface area contributed by atoms with Crippen molar-refractivity contribution in [2.45, 2.75) is 44.6 Å². The normalized spacial score (nSPS) is 18.7. The van der Waals surface area contributed by atoms with Gasteiger partial charge < -0.3 is 15.8 Å². The molecule has 4 nitrogen and oxygen atoms in total. The summed E-state index contributed by atoms with van der Waals surface area (Å²) in [5, 5.41) is 3.51. The van der Waals surface area contributed by atoms with E-state index in [9.17, 15) is 0 Å². The van der Waals surface area contributed by atoms with Crippen LogP contribution in [-0.2, 0) is 0 Å². The van der Waals surface area contributed by atoms with Gasteiger partial charge in [0, 0.05) is 5.54 Å². The second kappa shape index (κ2) is 4.82. The average molecular weight is 235 g/mol. The molecule has 1 aliphatic rings. The van der Waals surface area contributed by atoms with Crippen molar-refractivity contribution in [3.8, 4) is 5.88 Å². The lowest BCUT2D eigenvalue weighted by molar-refractivity contribution is 0.347. The van der Waals surface area contributed by atoms with E-state index < -0.39 is 0 Å². The van der Waals surface area contributed by atoms with Crippen molar-refractivity contribution in [2.24, 2.45) is 0 Å². The molecule has 1 aromatic heterocycles. The molecule has 0 amide bonds. The van der Waals surface area contributed by atoms with Gasteiger partial charge in [0.05, 0.1) is 12.8 Å². The first-order valence-electron chi connectivity index (χ1n) is 6.22. The highest BCUT2D eigenvalue weighted by Gasteiger charge is 2.26. The van der Waals surface area contributed by atoms with E-state index >= 15 is 0 Å². The Bertz CT molecular complexity index is 386. The summed E-state index contributed by atoms with van der Waals surface area (Å²) in [4.78, 5) is 4.37. The fourth-order valence-corrected chi connectivity index (χ4v) is 2.45. The lowest BCUT2D eigenvalue weighted by Gasteiger charge is -2.35. The Morgan fingerprint density at radius 1 is 1.29 bits per heavy atom. The number of nitrogens with one attached hydrogen (secondary N) is 1. The molecule has 1 fully saturated rings. The third-order valence-electron chi connectivity index (χ3n) is 3.47. The van der Waals surface area contributed by atoms with E-state index in [0.717, 1.165) is 5.82 Å². The van der Waals surface area contributed by atoms with E-state index in [-0.39, 0.29) is 5.54 Å². The van der Waals surface area contributed by atoms with Gasteiger partial charge in [-0.1, -0.05) is 19.3 Å². The maximum Gasteiger partial charge on any atom is 0.238 e. The topological polar surface area (TPSA) is 60.2 Å². The third-order valence-corrected chi connectivity index (χ3v) is 3.47. The smallest absolute Gasteiger partial charge is 0.238 e. The van der Waals surface area contributed by atoms with Crippen molar-refractivity contribution in [2.75, 3.05) is 18.2 Å². The number of aromatic nitrogens is 1. The number of pyridine rings is 1. The molecule has 0 aromatic carbocycles. The monoisotopic (exact) mass is 235 g/mol. The number of ether oxygens (including phenoxy) is 1. The van der Waals surface area contributed by atoms with Crippen LogP contribution in [0.4, 0.5) is 11.5 Å². The molecular formula is C13H21N3O. The van der Waals surface area contributed by atoms with E-state index in [0.29, 0.717) is 11.6 Å². The SMILES string of the molecule is COc1nc(NC2(C)CCCCC2)ccc1N. The van der Waals surface area contributed by atoms with Crippen LogP contribution in [-0.4, -0.2) is 17.6 Å². The largest absolute Gasteiger partial charge is 0.479 e. The maximum absolute atomic E-state index is 5.75. The number of nitrogens with zero attached hydrogens (tertiary/aromatic N) is 1. The zero-order valence-corrected chi connectivity index (χ0v) is 10.6. The van der Waals surface area contributed by atoms with E-state index in [1.165, 1.54) is 32.1 Å². The maximum atomic E-state index is 5.75. The molecule has 0 radical (unpaired) electrons. The Morgan fingerprint density at radius 3 is 2.65 bits per heavy atom. The molecule has 0 saturated heterocycles. The number of hydrogen-bond donors (Lipinski definition) is 2. The summed E-state index contributed by atoms with van der Waals surface area (Å²) in [6, 6.07) is 3.75. The molecule has 94 valence electrons. The minimum atomic E-state index is 0.159. The molecule has 2 rings (SSSR count). The minimum absolute atomic E-state index is 0.159. The molecule has 1 aliphatic carbocycles. The van der Waals surface area contributed by atoms with Gasteiger partial charge in [0.1, 0.15) is 5.82 Å². The second-order valence-corrected chi connectivity index (χ2v) is 5.04. The zero-order chi connectivity index (χ0) is 12.3. The molecule has 0 atom stereocenters. The third kappa shape index (κ3) is 2.81. The summed E-state index contributed by atoms with van der Waals surface area (Å²) in [5.41, 5.74) is 6.49. The van der Waals surface area contributed by atoms with Crippen molar-refractivity contribution < 1.29 is 4.74 Å². The molecule has 0 aliphatic heterocycles. The van der Waals surface area contributed by atoms with Gasteiger partial charge in [-0.15, -0.1) is 0 Å². The molecule has 4 heteroatoms. The van der Waals surface area contributed by atoms with E-state index in [1.807, 2.05) is 12.1 Å². The van der Waals surface area contributed by atoms with Gasteiger partial charge in [-0.2, -0.15) is 4.98 Å². The van der Waals surface area contributed by atoms with E-state index in [2.05, 4.69) is 17.2 Å². The standard InChI is InChI=1S/C13H21N3O/c1-13(8-4-3-5-9-13)16-11-7-6-10(14)12(15-11)17-2/h6-7H,3-5,8-9,14H2,1-2H3,(H,15,16). The van der Waals surface area contributed by atoms with Crippen LogP contribution in [0.1, 0.15) is 39.0 Å². The summed E-state index contributed by atoms with van der Waals surface area (Å²) in [6.07, 6.45) is 6.31. The van der Waals surface area contributed by atoms with Crippen molar-refractivity contribution in [3.05, 3.63) is 12.1 Å². The molecular weight excluding hydrogens is 214 g/mol. The molecule has 1 aromatic rings. The average Bonchev–Trinajstić information content (AvgIpc) is 2.32. The van der Waals surface area contributed by atoms with E-state index in [4.69, 9.17) is 10.5 Å². The summed E-state index contributed by atoms with van der Waals surface area (Å²) in [5.74, 6) is 1.34. The Labute approximate surface area is 103 Å². The number of rotatable bonds is 3. The highest BCUT2D eigenvalue weighted by Crippen LogP contribution is 2.31. The summed E-state index contributed by atoms with van der Waals surface area (Å²) in [6.45, 7) is 2.26. The van der Waals surface area contributed by atoms with Crippen LogP contribution < -0.4 is 15.8 Å². The predicted molar refractivity (Wildman–Crippen MR) is 70.3 cm³/mol. The second-order valence-electron chi connectivity index (χ2n) is 5.04. The van der Waals surface area contributed by atoms with Gasteiger partial charge in [-0.3, -0.25) is 0 Å². The number of nitrogens with two attached hydrogens (primary N) is 1. The Morgan fingerprint density at radius 2 is 2.00 bits per heavy atom. The molecule has 3 N–H and O–H groups in total. The minimum Gasteiger partial charge on any atom is -0.479 e. The van der Waals surface area contributed by atoms with Crippen molar-refractivity contribution in [1.29, 1.82) is 0 Å². The predicted octanol–water partition coefficient (Wildman–Crippen LogP) is 2.81. The van der Waals surface area contributed by atoms with Crippen molar-refractivity contribution >= 4 is 11.5 Å². The molecule has 1 heterocycles. The number of anilines is 2. The first-order chi connectivity index (χ1) is 8.13. The highest BCUT2D eigenvalue weighted by atomic mass is 16.5. The van der Waals surface area contributed by atoms with Crippen molar-refractivity contribution in [3.63, 3.8) is 0 Å². The highest BCUT2D eigenvalue weighted by molar-refractivity contribution is 5.54. The van der Waals surface area contributed by atoms with Crippen LogP contribution in [0.3, 0.4) is 0 Å². The number of hydrogen-bond acceptors (Lipinski definition) is 4. The van der Waals surface area contributed by atoms with Crippen LogP contribution in [0, 0.1) is 0 Å². The molecule has 0 unspecified atom stereocenters. The van der Waals surface area contributed by atoms with Gasteiger partial charge in [-0.25, -0.2) is 0 Å². The van der Waals surface area contributed by atoms with Crippen LogP contribution >= 0.6 is 0 Å². The van der Waals surface area contributed by atoms with Crippen LogP contribution in [0.5, 0.6) is 5.88 Å². The van der Waals surface area contributed by atoms with Gasteiger partial charge in [-0.05, 0) is 31.9 Å². The number of nitrogen functional groups attached to an aromatic ring is 1. The summed E-state index contributed by atoms with van der Waals surface area (Å²) >= 11 is 0. The molecule has 0 bridgehead atoms. The lowest BCUT2D eigenvalue weighted by Crippen LogP contribution is -2.37. The fraction of sp³-hybridized carbons (Fsp3) is 0.615. The first-order valence-corrected chi connectivity index (χ1v) is 6.22. The van der Waals surface area contributed by atoms with Gasteiger partial charge in [0.15, 0.2) is 0 Å². The quantitative estimate of drug-likeness (QED) is 0.845. The Kier molecular flexibility index (Phi) is 3.41. The Hall–Kier alpha value is -1.45. The molecule has 17 heavy (non-hydrogen) atoms. The summed E-state index contributed by atoms with van der Waals surface area (Å²) in [7, 11) is 1.59. The molecule has 0 spiro atoms. The summed E-state index contributed by atoms with van der Waals surface area (Å²) < 4.78 is 5.13. The van der Waals surface area contributed by atoms with Crippen LogP contribution in [0.25, 0.3) is 0 Å².